The van der Waals surface area contributed by atoms with Gasteiger partial charge in [0.1, 0.15) is 17.4 Å². The smallest absolute Gasteiger partial charge is 0.191 e. The van der Waals surface area contributed by atoms with Crippen LogP contribution in [0.5, 0.6) is 5.75 Å². The summed E-state index contributed by atoms with van der Waals surface area (Å²) in [5, 5.41) is 13.3. The lowest BCUT2D eigenvalue weighted by Gasteiger charge is -2.10. The highest BCUT2D eigenvalue weighted by Crippen LogP contribution is 2.30. The van der Waals surface area contributed by atoms with Gasteiger partial charge in [-0.1, -0.05) is 53.7 Å². The molecule has 0 aliphatic heterocycles. The Morgan fingerprint density at radius 3 is 2.77 bits per heavy atom. The highest BCUT2D eigenvalue weighted by atomic mass is 35.5. The second-order valence-corrected chi connectivity index (χ2v) is 9.32. The Labute approximate surface area is 195 Å². The lowest BCUT2D eigenvalue weighted by atomic mass is 10.1. The molecule has 0 N–H and O–H groups in total. The van der Waals surface area contributed by atoms with Gasteiger partial charge < -0.3 is 9.30 Å². The van der Waals surface area contributed by atoms with E-state index >= 15 is 0 Å². The van der Waals surface area contributed by atoms with Crippen molar-refractivity contribution in [1.82, 2.24) is 19.7 Å². The topological polar surface area (TPSA) is 52.8 Å². The number of thioether (sulfide) groups is 1. The molecule has 0 amide bonds. The van der Waals surface area contributed by atoms with E-state index in [1.54, 1.807) is 23.1 Å². The molecule has 0 aliphatic rings. The second-order valence-electron chi connectivity index (χ2n) is 7.11. The molecular weight excluding hydrogens is 448 g/mol. The average Bonchev–Trinajstić information content (AvgIpc) is 3.39. The van der Waals surface area contributed by atoms with Crippen molar-refractivity contribution in [3.8, 4) is 16.3 Å². The summed E-state index contributed by atoms with van der Waals surface area (Å²) in [6.45, 7) is 7.29. The molecule has 160 valence electrons. The predicted octanol–water partition coefficient (Wildman–Crippen LogP) is 6.56. The molecule has 0 atom stereocenters. The van der Waals surface area contributed by atoms with Crippen LogP contribution in [0, 0.1) is 13.8 Å². The maximum atomic E-state index is 6.24. The van der Waals surface area contributed by atoms with E-state index in [2.05, 4.69) is 58.3 Å². The quantitative estimate of drug-likeness (QED) is 0.273. The fraction of sp³-hybridized carbons (Fsp3) is 0.261. The molecule has 2 heterocycles. The molecule has 4 aromatic rings. The molecule has 4 rings (SSSR count). The minimum Gasteiger partial charge on any atom is -0.484 e. The molecule has 5 nitrogen and oxygen atoms in total. The highest BCUT2D eigenvalue weighted by molar-refractivity contribution is 7.98. The summed E-state index contributed by atoms with van der Waals surface area (Å²) >= 11 is 9.55. The summed E-state index contributed by atoms with van der Waals surface area (Å²) in [4.78, 5) is 4.81. The van der Waals surface area contributed by atoms with Gasteiger partial charge >= 0.3 is 0 Å². The van der Waals surface area contributed by atoms with E-state index in [4.69, 9.17) is 21.3 Å². The summed E-state index contributed by atoms with van der Waals surface area (Å²) in [5.41, 5.74) is 4.57. The monoisotopic (exact) mass is 470 g/mol. The van der Waals surface area contributed by atoms with Crippen LogP contribution in [-0.4, -0.2) is 19.7 Å². The Balaban J connectivity index is 1.42. The van der Waals surface area contributed by atoms with Gasteiger partial charge in [0, 0.05) is 23.2 Å². The van der Waals surface area contributed by atoms with Crippen LogP contribution in [-0.2, 0) is 18.9 Å². The van der Waals surface area contributed by atoms with Crippen LogP contribution < -0.4 is 4.74 Å². The fourth-order valence-corrected chi connectivity index (χ4v) is 5.26. The van der Waals surface area contributed by atoms with E-state index in [-0.39, 0.29) is 0 Å². The zero-order valence-electron chi connectivity index (χ0n) is 17.6. The number of aryl methyl sites for hydroxylation is 2. The Morgan fingerprint density at radius 1 is 1.13 bits per heavy atom. The third-order valence-corrected chi connectivity index (χ3v) is 7.07. The van der Waals surface area contributed by atoms with E-state index in [9.17, 15) is 0 Å². The van der Waals surface area contributed by atoms with Gasteiger partial charge in [-0.25, -0.2) is 4.98 Å². The SMILES string of the molecule is CCn1c(COc2cc(C)ccc2Cl)nnc1SCc1csc(-c2ccccc2C)n1. The average molecular weight is 471 g/mol. The Hall–Kier alpha value is -2.35. The normalized spacial score (nSPS) is 11.1. The summed E-state index contributed by atoms with van der Waals surface area (Å²) < 4.78 is 7.98. The van der Waals surface area contributed by atoms with Crippen LogP contribution in [0.3, 0.4) is 0 Å². The van der Waals surface area contributed by atoms with Gasteiger partial charge in [-0.2, -0.15) is 0 Å². The number of ether oxygens (including phenoxy) is 1. The summed E-state index contributed by atoms with van der Waals surface area (Å²) in [7, 11) is 0. The Kier molecular flexibility index (Phi) is 6.95. The fourth-order valence-electron chi connectivity index (χ4n) is 3.16. The molecule has 0 bridgehead atoms. The van der Waals surface area contributed by atoms with Gasteiger partial charge in [0.15, 0.2) is 11.0 Å². The molecule has 0 saturated carbocycles. The molecule has 0 saturated heterocycles. The number of rotatable bonds is 8. The van der Waals surface area contributed by atoms with Crippen molar-refractivity contribution in [3.63, 3.8) is 0 Å². The minimum absolute atomic E-state index is 0.318. The van der Waals surface area contributed by atoms with Crippen LogP contribution in [0.4, 0.5) is 0 Å². The van der Waals surface area contributed by atoms with Crippen LogP contribution >= 0.6 is 34.7 Å². The van der Waals surface area contributed by atoms with Crippen LogP contribution in [0.2, 0.25) is 5.02 Å². The molecule has 31 heavy (non-hydrogen) atoms. The van der Waals surface area contributed by atoms with Crippen molar-refractivity contribution in [2.24, 2.45) is 0 Å². The molecule has 0 unspecified atom stereocenters. The predicted molar refractivity (Wildman–Crippen MR) is 128 cm³/mol. The van der Waals surface area contributed by atoms with E-state index in [0.29, 0.717) is 17.4 Å². The molecule has 0 radical (unpaired) electrons. The number of halogens is 1. The first-order chi connectivity index (χ1) is 15.0. The lowest BCUT2D eigenvalue weighted by Crippen LogP contribution is -2.07. The summed E-state index contributed by atoms with van der Waals surface area (Å²) in [6.07, 6.45) is 0. The molecule has 0 spiro atoms. The van der Waals surface area contributed by atoms with Gasteiger partial charge in [0.25, 0.3) is 0 Å². The maximum absolute atomic E-state index is 6.24. The molecular formula is C23H23ClN4OS2. The van der Waals surface area contributed by atoms with Crippen molar-refractivity contribution in [1.29, 1.82) is 0 Å². The van der Waals surface area contributed by atoms with Crippen molar-refractivity contribution in [2.45, 2.75) is 44.8 Å². The third kappa shape index (κ3) is 5.11. The number of nitrogens with zero attached hydrogens (tertiary/aromatic N) is 4. The molecule has 2 aromatic heterocycles. The van der Waals surface area contributed by atoms with E-state index in [0.717, 1.165) is 39.5 Å². The van der Waals surface area contributed by atoms with E-state index in [1.807, 2.05) is 25.1 Å². The van der Waals surface area contributed by atoms with Crippen LogP contribution in [0.15, 0.2) is 53.0 Å². The van der Waals surface area contributed by atoms with Crippen molar-refractivity contribution in [3.05, 3.63) is 75.5 Å². The number of aromatic nitrogens is 4. The molecule has 8 heteroatoms. The third-order valence-electron chi connectivity index (χ3n) is 4.83. The Bertz CT molecular complexity index is 1190. The zero-order valence-corrected chi connectivity index (χ0v) is 20.0. The van der Waals surface area contributed by atoms with Gasteiger partial charge in [-0.05, 0) is 44.0 Å². The van der Waals surface area contributed by atoms with Crippen molar-refractivity contribution >= 4 is 34.7 Å². The first-order valence-corrected chi connectivity index (χ1v) is 12.2. The van der Waals surface area contributed by atoms with Crippen molar-refractivity contribution in [2.75, 3.05) is 0 Å². The second kappa shape index (κ2) is 9.85. The standard InChI is InChI=1S/C23H23ClN4OS2/c1-4-28-21(12-29-20-11-15(2)9-10-19(20)24)26-27-23(28)31-14-17-13-30-22(25-17)18-8-6-5-7-16(18)3/h5-11,13H,4,12,14H2,1-3H3. The number of benzene rings is 2. The minimum atomic E-state index is 0.318. The van der Waals surface area contributed by atoms with Gasteiger partial charge in [-0.3, -0.25) is 0 Å². The van der Waals surface area contributed by atoms with Crippen molar-refractivity contribution < 1.29 is 4.74 Å². The maximum Gasteiger partial charge on any atom is 0.191 e. The molecule has 0 aliphatic carbocycles. The largest absolute Gasteiger partial charge is 0.484 e. The number of hydrogen-bond acceptors (Lipinski definition) is 6. The van der Waals surface area contributed by atoms with Gasteiger partial charge in [0.2, 0.25) is 0 Å². The number of thiazole rings is 1. The molecule has 2 aromatic carbocycles. The van der Waals surface area contributed by atoms with E-state index in [1.165, 1.54) is 11.1 Å². The number of hydrogen-bond donors (Lipinski definition) is 0. The highest BCUT2D eigenvalue weighted by Gasteiger charge is 2.14. The van der Waals surface area contributed by atoms with Crippen LogP contribution in [0.1, 0.15) is 29.6 Å². The van der Waals surface area contributed by atoms with Gasteiger partial charge in [-0.15, -0.1) is 21.5 Å². The first kappa shape index (κ1) is 21.9. The molecule has 0 fully saturated rings. The first-order valence-electron chi connectivity index (χ1n) is 9.99. The van der Waals surface area contributed by atoms with Gasteiger partial charge in [0.05, 0.1) is 10.7 Å². The lowest BCUT2D eigenvalue weighted by molar-refractivity contribution is 0.288. The zero-order chi connectivity index (χ0) is 21.8. The summed E-state index contributed by atoms with van der Waals surface area (Å²) in [5.74, 6) is 2.18. The Morgan fingerprint density at radius 2 is 1.97 bits per heavy atom. The summed E-state index contributed by atoms with van der Waals surface area (Å²) in [6, 6.07) is 14.1. The van der Waals surface area contributed by atoms with E-state index < -0.39 is 0 Å². The van der Waals surface area contributed by atoms with Crippen LogP contribution in [0.25, 0.3) is 10.6 Å².